The van der Waals surface area contributed by atoms with Crippen LogP contribution in [0.3, 0.4) is 0 Å². The van der Waals surface area contributed by atoms with Gasteiger partial charge in [0.05, 0.1) is 18.7 Å². The fraction of sp³-hybridized carbons (Fsp3) is 0.333. The van der Waals surface area contributed by atoms with E-state index < -0.39 is 29.8 Å². The number of aliphatic hydroxyl groups excluding tert-OH is 1. The van der Waals surface area contributed by atoms with Crippen LogP contribution in [0.1, 0.15) is 30.0 Å². The van der Waals surface area contributed by atoms with Crippen molar-refractivity contribution in [1.82, 2.24) is 15.6 Å². The van der Waals surface area contributed by atoms with E-state index in [-0.39, 0.29) is 12.1 Å². The van der Waals surface area contributed by atoms with Gasteiger partial charge in [-0.1, -0.05) is 6.07 Å². The highest BCUT2D eigenvalue weighted by molar-refractivity contribution is 5.74. The van der Waals surface area contributed by atoms with E-state index >= 15 is 0 Å². The zero-order chi connectivity index (χ0) is 17.0. The predicted molar refractivity (Wildman–Crippen MR) is 77.4 cm³/mol. The van der Waals surface area contributed by atoms with Gasteiger partial charge >= 0.3 is 6.03 Å². The van der Waals surface area contributed by atoms with Crippen molar-refractivity contribution in [2.24, 2.45) is 0 Å². The molecular weight excluding hydrogens is 308 g/mol. The Balaban J connectivity index is 1.89. The molecule has 2 rings (SSSR count). The smallest absolute Gasteiger partial charge is 0.315 e. The van der Waals surface area contributed by atoms with Crippen molar-refractivity contribution in [3.05, 3.63) is 53.2 Å². The van der Waals surface area contributed by atoms with Gasteiger partial charge in [0.25, 0.3) is 0 Å². The Morgan fingerprint density at radius 3 is 2.74 bits per heavy atom. The summed E-state index contributed by atoms with van der Waals surface area (Å²) in [5, 5.41) is 15.2. The molecule has 0 saturated heterocycles. The third-order valence-electron chi connectivity index (χ3n) is 3.38. The van der Waals surface area contributed by atoms with Crippen molar-refractivity contribution < 1.29 is 23.1 Å². The molecule has 2 aromatic rings. The molecule has 124 valence electrons. The van der Waals surface area contributed by atoms with Gasteiger partial charge in [-0.3, -0.25) is 0 Å². The van der Waals surface area contributed by atoms with Crippen LogP contribution in [-0.4, -0.2) is 22.2 Å². The molecule has 0 spiro atoms. The van der Waals surface area contributed by atoms with Crippen LogP contribution in [0.5, 0.6) is 0 Å². The van der Waals surface area contributed by atoms with Crippen molar-refractivity contribution in [3.8, 4) is 0 Å². The summed E-state index contributed by atoms with van der Waals surface area (Å²) in [4.78, 5) is 15.7. The second kappa shape index (κ2) is 7.19. The van der Waals surface area contributed by atoms with Gasteiger partial charge in [-0.2, -0.15) is 0 Å². The molecule has 1 heterocycles. The van der Waals surface area contributed by atoms with Gasteiger partial charge in [0.2, 0.25) is 0 Å². The lowest BCUT2D eigenvalue weighted by Crippen LogP contribution is -2.43. The molecule has 2 unspecified atom stereocenters. The number of rotatable bonds is 5. The van der Waals surface area contributed by atoms with Gasteiger partial charge in [0.15, 0.2) is 18.0 Å². The number of hydrogen-bond acceptors (Lipinski definition) is 4. The average molecular weight is 325 g/mol. The van der Waals surface area contributed by atoms with Gasteiger partial charge < -0.3 is 20.2 Å². The number of carbonyl (C=O) groups is 1. The highest BCUT2D eigenvalue weighted by atomic mass is 19.2. The first-order valence-electron chi connectivity index (χ1n) is 6.95. The van der Waals surface area contributed by atoms with Gasteiger partial charge in [-0.05, 0) is 31.5 Å². The zero-order valence-corrected chi connectivity index (χ0v) is 12.6. The number of carbonyl (C=O) groups excluding carboxylic acids is 1. The molecule has 0 fully saturated rings. The maximum absolute atomic E-state index is 13.2. The van der Waals surface area contributed by atoms with Crippen molar-refractivity contribution in [2.45, 2.75) is 32.5 Å². The fourth-order valence-corrected chi connectivity index (χ4v) is 1.98. The Morgan fingerprint density at radius 1 is 1.39 bits per heavy atom. The second-order valence-electron chi connectivity index (χ2n) is 5.09. The molecule has 8 heteroatoms. The third kappa shape index (κ3) is 4.26. The minimum absolute atomic E-state index is 0.169. The largest absolute Gasteiger partial charge is 0.448 e. The molecule has 0 saturated carbocycles. The van der Waals surface area contributed by atoms with Crippen LogP contribution in [0.2, 0.25) is 0 Å². The minimum Gasteiger partial charge on any atom is -0.448 e. The van der Waals surface area contributed by atoms with Crippen molar-refractivity contribution >= 4 is 6.03 Å². The van der Waals surface area contributed by atoms with Crippen molar-refractivity contribution in [1.29, 1.82) is 0 Å². The number of aliphatic hydroxyl groups is 1. The normalized spacial score (nSPS) is 13.4. The van der Waals surface area contributed by atoms with E-state index in [9.17, 15) is 18.7 Å². The summed E-state index contributed by atoms with van der Waals surface area (Å²) in [5.74, 6) is -1.46. The summed E-state index contributed by atoms with van der Waals surface area (Å²) in [6, 6.07) is 1.85. The molecule has 0 radical (unpaired) electrons. The van der Waals surface area contributed by atoms with E-state index in [1.807, 2.05) is 0 Å². The van der Waals surface area contributed by atoms with Gasteiger partial charge in [-0.15, -0.1) is 0 Å². The molecule has 0 bridgehead atoms. The Morgan fingerprint density at radius 2 is 2.13 bits per heavy atom. The zero-order valence-electron chi connectivity index (χ0n) is 12.6. The molecule has 0 aliphatic carbocycles. The molecule has 6 nitrogen and oxygen atoms in total. The monoisotopic (exact) mass is 325 g/mol. The molecule has 0 aliphatic heterocycles. The van der Waals surface area contributed by atoms with Gasteiger partial charge in [0, 0.05) is 0 Å². The third-order valence-corrected chi connectivity index (χ3v) is 3.38. The van der Waals surface area contributed by atoms with Crippen LogP contribution in [0.15, 0.2) is 29.0 Å². The summed E-state index contributed by atoms with van der Waals surface area (Å²) >= 11 is 0. The number of halogens is 2. The predicted octanol–water partition coefficient (Wildman–Crippen LogP) is 2.18. The number of urea groups is 1. The Kier molecular flexibility index (Phi) is 5.28. The molecule has 1 aromatic carbocycles. The number of hydrogen-bond donors (Lipinski definition) is 3. The lowest BCUT2D eigenvalue weighted by atomic mass is 10.0. The number of aryl methyl sites for hydroxylation is 1. The van der Waals surface area contributed by atoms with E-state index in [1.165, 1.54) is 12.5 Å². The number of amides is 2. The quantitative estimate of drug-likeness (QED) is 0.786. The summed E-state index contributed by atoms with van der Waals surface area (Å²) in [6.07, 6.45) is 0.101. The Hall–Kier alpha value is -2.48. The standard InChI is InChI=1S/C15H17F2N3O3/c1-8(14(21)10-3-4-11(16)12(17)5-10)20-15(22)18-6-13-9(2)23-7-19-13/h3-5,7-8,14,21H,6H2,1-2H3,(H2,18,20,22). The summed E-state index contributed by atoms with van der Waals surface area (Å²) in [7, 11) is 0. The summed E-state index contributed by atoms with van der Waals surface area (Å²) in [6.45, 7) is 3.44. The van der Waals surface area contributed by atoms with E-state index in [0.717, 1.165) is 12.1 Å². The van der Waals surface area contributed by atoms with Crippen LogP contribution < -0.4 is 10.6 Å². The molecule has 2 amide bonds. The van der Waals surface area contributed by atoms with Crippen LogP contribution in [0.25, 0.3) is 0 Å². The van der Waals surface area contributed by atoms with Crippen LogP contribution in [0, 0.1) is 18.6 Å². The lowest BCUT2D eigenvalue weighted by molar-refractivity contribution is 0.137. The Bertz CT molecular complexity index is 690. The lowest BCUT2D eigenvalue weighted by Gasteiger charge is -2.21. The number of oxazole rings is 1. The molecule has 1 aromatic heterocycles. The van der Waals surface area contributed by atoms with Gasteiger partial charge in [0.1, 0.15) is 11.5 Å². The SMILES string of the molecule is Cc1ocnc1CNC(=O)NC(C)C(O)c1ccc(F)c(F)c1. The van der Waals surface area contributed by atoms with Crippen LogP contribution in [-0.2, 0) is 6.54 Å². The van der Waals surface area contributed by atoms with Crippen LogP contribution >= 0.6 is 0 Å². The Labute approximate surface area is 131 Å². The van der Waals surface area contributed by atoms with Crippen molar-refractivity contribution in [2.75, 3.05) is 0 Å². The topological polar surface area (TPSA) is 87.4 Å². The summed E-state index contributed by atoms with van der Waals surface area (Å²) in [5.41, 5.74) is 0.762. The number of nitrogens with zero attached hydrogens (tertiary/aromatic N) is 1. The first kappa shape index (κ1) is 16.9. The first-order valence-corrected chi connectivity index (χ1v) is 6.95. The molecule has 2 atom stereocenters. The van der Waals surface area contributed by atoms with Crippen molar-refractivity contribution in [3.63, 3.8) is 0 Å². The van der Waals surface area contributed by atoms with E-state index in [1.54, 1.807) is 13.8 Å². The number of aromatic nitrogens is 1. The second-order valence-corrected chi connectivity index (χ2v) is 5.09. The van der Waals surface area contributed by atoms with Gasteiger partial charge in [-0.25, -0.2) is 18.6 Å². The fourth-order valence-electron chi connectivity index (χ4n) is 1.98. The number of benzene rings is 1. The van der Waals surface area contributed by atoms with E-state index in [2.05, 4.69) is 15.6 Å². The highest BCUT2D eigenvalue weighted by Gasteiger charge is 2.20. The maximum atomic E-state index is 13.2. The van der Waals surface area contributed by atoms with Crippen LogP contribution in [0.4, 0.5) is 13.6 Å². The molecule has 3 N–H and O–H groups in total. The highest BCUT2D eigenvalue weighted by Crippen LogP contribution is 2.19. The average Bonchev–Trinajstić information content (AvgIpc) is 2.92. The van der Waals surface area contributed by atoms with E-state index in [0.29, 0.717) is 11.5 Å². The molecular formula is C15H17F2N3O3. The number of nitrogens with one attached hydrogen (secondary N) is 2. The van der Waals surface area contributed by atoms with E-state index in [4.69, 9.17) is 4.42 Å². The molecule has 23 heavy (non-hydrogen) atoms. The minimum atomic E-state index is -1.18. The summed E-state index contributed by atoms with van der Waals surface area (Å²) < 4.78 is 31.1. The first-order chi connectivity index (χ1) is 10.9. The molecule has 0 aliphatic rings. The maximum Gasteiger partial charge on any atom is 0.315 e.